The van der Waals surface area contributed by atoms with E-state index in [0.29, 0.717) is 5.82 Å². The summed E-state index contributed by atoms with van der Waals surface area (Å²) < 4.78 is 5.22. The molecule has 1 aliphatic carbocycles. The highest BCUT2D eigenvalue weighted by molar-refractivity contribution is 6.01. The van der Waals surface area contributed by atoms with Gasteiger partial charge in [-0.25, -0.2) is 4.98 Å². The fraction of sp³-hybridized carbons (Fsp3) is 0.250. The maximum Gasteiger partial charge on any atom is 0.236 e. The van der Waals surface area contributed by atoms with Crippen LogP contribution in [0.1, 0.15) is 31.0 Å². The van der Waals surface area contributed by atoms with Crippen molar-refractivity contribution in [3.8, 4) is 17.0 Å². The largest absolute Gasteiger partial charge is 0.497 e. The zero-order valence-electron chi connectivity index (χ0n) is 16.5. The summed E-state index contributed by atoms with van der Waals surface area (Å²) >= 11 is 0. The lowest BCUT2D eigenvalue weighted by atomic mass is 9.95. The first-order chi connectivity index (χ1) is 13.5. The molecule has 144 valence electrons. The Morgan fingerprint density at radius 3 is 2.46 bits per heavy atom. The molecular weight excluding hydrogens is 348 g/mol. The minimum absolute atomic E-state index is 0. The van der Waals surface area contributed by atoms with Gasteiger partial charge in [0.05, 0.1) is 18.2 Å². The molecule has 1 fully saturated rings. The molecule has 4 rings (SSSR count). The van der Waals surface area contributed by atoms with E-state index in [4.69, 9.17) is 9.72 Å². The summed E-state index contributed by atoms with van der Waals surface area (Å²) in [5.74, 6) is 1.39. The predicted molar refractivity (Wildman–Crippen MR) is 114 cm³/mol. The van der Waals surface area contributed by atoms with Crippen molar-refractivity contribution in [2.75, 3.05) is 12.4 Å². The Bertz CT molecular complexity index is 1030. The minimum Gasteiger partial charge on any atom is -0.497 e. The van der Waals surface area contributed by atoms with Gasteiger partial charge in [0.1, 0.15) is 11.6 Å². The molecule has 1 N–H and O–H groups in total. The van der Waals surface area contributed by atoms with E-state index >= 15 is 0 Å². The summed E-state index contributed by atoms with van der Waals surface area (Å²) in [6, 6.07) is 19.9. The second-order valence-electron chi connectivity index (χ2n) is 7.50. The van der Waals surface area contributed by atoms with Crippen molar-refractivity contribution < 1.29 is 11.0 Å². The molecular formula is C24H26N2O2. The van der Waals surface area contributed by atoms with E-state index in [1.54, 1.807) is 7.11 Å². The van der Waals surface area contributed by atoms with Gasteiger partial charge in [-0.05, 0) is 62.1 Å². The number of benzene rings is 2. The molecule has 0 saturated heterocycles. The molecule has 1 saturated carbocycles. The first kappa shape index (κ1) is 18.2. The number of amides is 1. The maximum absolute atomic E-state index is 13.1. The molecule has 1 aromatic heterocycles. The van der Waals surface area contributed by atoms with Crippen molar-refractivity contribution in [3.05, 3.63) is 77.4 Å². The topological polar surface area (TPSA) is 51.2 Å². The number of carbonyl (C=O) groups is 1. The van der Waals surface area contributed by atoms with Gasteiger partial charge in [-0.2, -0.15) is 0 Å². The van der Waals surface area contributed by atoms with Crippen molar-refractivity contribution in [1.29, 1.82) is 0 Å². The van der Waals surface area contributed by atoms with Crippen LogP contribution < -0.4 is 10.1 Å². The number of nitrogens with zero attached hydrogens (tertiary/aromatic N) is 1. The summed E-state index contributed by atoms with van der Waals surface area (Å²) in [6.45, 7) is 4.10. The number of aryl methyl sites for hydroxylation is 2. The third-order valence-electron chi connectivity index (χ3n) is 5.46. The Labute approximate surface area is 167 Å². The number of anilines is 1. The summed E-state index contributed by atoms with van der Waals surface area (Å²) in [4.78, 5) is 17.8. The normalized spacial score (nSPS) is 14.4. The van der Waals surface area contributed by atoms with Crippen LogP contribution >= 0.6 is 0 Å². The number of nitrogens with one attached hydrogen (secondary N) is 1. The van der Waals surface area contributed by atoms with Crippen LogP contribution in [0, 0.1) is 13.8 Å². The van der Waals surface area contributed by atoms with Crippen LogP contribution in [0.15, 0.2) is 60.7 Å². The quantitative estimate of drug-likeness (QED) is 0.660. The number of hydrogen-bond acceptors (Lipinski definition) is 3. The Morgan fingerprint density at radius 2 is 1.82 bits per heavy atom. The lowest BCUT2D eigenvalue weighted by Crippen LogP contribution is -2.28. The van der Waals surface area contributed by atoms with E-state index in [-0.39, 0.29) is 7.33 Å². The van der Waals surface area contributed by atoms with Gasteiger partial charge in [0.25, 0.3) is 0 Å². The molecule has 2 aromatic carbocycles. The molecule has 1 aliphatic rings. The Balaban J connectivity index is 0.00000240. The van der Waals surface area contributed by atoms with Gasteiger partial charge in [0.2, 0.25) is 5.91 Å². The number of pyridine rings is 1. The monoisotopic (exact) mass is 374 g/mol. The van der Waals surface area contributed by atoms with Crippen LogP contribution in [0.3, 0.4) is 0 Å². The zero-order chi connectivity index (χ0) is 19.7. The van der Waals surface area contributed by atoms with Crippen LogP contribution in [-0.2, 0) is 10.2 Å². The maximum atomic E-state index is 13.1. The van der Waals surface area contributed by atoms with Gasteiger partial charge < -0.3 is 10.1 Å². The standard InChI is InChI=1S/C24H24N2O2.H2/c1-16-5-4-6-18(15-16)22-17(2)7-12-21(25-22)26-23(27)24(13-14-24)19-8-10-20(28-3)11-9-19;/h4-12,15H,13-14H2,1-3H3,(H,25,26,27);1H. The molecule has 1 amide bonds. The molecule has 0 radical (unpaired) electrons. The molecule has 28 heavy (non-hydrogen) atoms. The van der Waals surface area contributed by atoms with Crippen molar-refractivity contribution >= 4 is 11.7 Å². The van der Waals surface area contributed by atoms with E-state index in [0.717, 1.165) is 41.0 Å². The Hall–Kier alpha value is -3.14. The SMILES string of the molecule is COc1ccc(C2(C(=O)Nc3ccc(C)c(-c4cccc(C)c4)n3)CC2)cc1.[HH]. The third kappa shape index (κ3) is 3.38. The highest BCUT2D eigenvalue weighted by Crippen LogP contribution is 2.49. The van der Waals surface area contributed by atoms with E-state index < -0.39 is 5.41 Å². The van der Waals surface area contributed by atoms with Crippen LogP contribution in [0.4, 0.5) is 5.82 Å². The highest BCUT2D eigenvalue weighted by Gasteiger charge is 2.51. The van der Waals surface area contributed by atoms with E-state index in [9.17, 15) is 4.79 Å². The molecule has 0 bridgehead atoms. The van der Waals surface area contributed by atoms with Gasteiger partial charge in [-0.15, -0.1) is 0 Å². The lowest BCUT2D eigenvalue weighted by Gasteiger charge is -2.17. The van der Waals surface area contributed by atoms with Crippen LogP contribution in [0.25, 0.3) is 11.3 Å². The average Bonchev–Trinajstić information content (AvgIpc) is 3.51. The van der Waals surface area contributed by atoms with Gasteiger partial charge in [-0.1, -0.05) is 42.0 Å². The molecule has 0 unspecified atom stereocenters. The van der Waals surface area contributed by atoms with Gasteiger partial charge >= 0.3 is 0 Å². The van der Waals surface area contributed by atoms with Crippen molar-refractivity contribution in [2.45, 2.75) is 32.1 Å². The number of rotatable bonds is 5. The second kappa shape index (κ2) is 7.12. The molecule has 4 nitrogen and oxygen atoms in total. The van der Waals surface area contributed by atoms with Crippen LogP contribution in [0.5, 0.6) is 5.75 Å². The van der Waals surface area contributed by atoms with Crippen molar-refractivity contribution in [2.24, 2.45) is 0 Å². The number of aromatic nitrogens is 1. The first-order valence-corrected chi connectivity index (χ1v) is 9.52. The third-order valence-corrected chi connectivity index (χ3v) is 5.46. The molecule has 1 heterocycles. The summed E-state index contributed by atoms with van der Waals surface area (Å²) in [6.07, 6.45) is 1.70. The Morgan fingerprint density at radius 1 is 1.07 bits per heavy atom. The van der Waals surface area contributed by atoms with E-state index in [2.05, 4.69) is 24.4 Å². The Kier molecular flexibility index (Phi) is 4.63. The predicted octanol–water partition coefficient (Wildman–Crippen LogP) is 5.29. The zero-order valence-corrected chi connectivity index (χ0v) is 16.5. The van der Waals surface area contributed by atoms with E-state index in [1.165, 1.54) is 5.56 Å². The molecule has 0 atom stereocenters. The number of carbonyl (C=O) groups excluding carboxylic acids is 1. The summed E-state index contributed by atoms with van der Waals surface area (Å²) in [7, 11) is 1.64. The highest BCUT2D eigenvalue weighted by atomic mass is 16.5. The fourth-order valence-corrected chi connectivity index (χ4v) is 3.60. The number of hydrogen-bond donors (Lipinski definition) is 1. The average molecular weight is 374 g/mol. The minimum atomic E-state index is -0.456. The summed E-state index contributed by atoms with van der Waals surface area (Å²) in [5, 5.41) is 3.04. The fourth-order valence-electron chi connectivity index (χ4n) is 3.60. The molecule has 0 aliphatic heterocycles. The smallest absolute Gasteiger partial charge is 0.236 e. The van der Waals surface area contributed by atoms with E-state index in [1.807, 2.05) is 55.5 Å². The van der Waals surface area contributed by atoms with Gasteiger partial charge in [-0.3, -0.25) is 4.79 Å². The molecule has 3 aromatic rings. The lowest BCUT2D eigenvalue weighted by molar-refractivity contribution is -0.118. The molecule has 0 spiro atoms. The number of methoxy groups -OCH3 is 1. The van der Waals surface area contributed by atoms with Gasteiger partial charge in [0, 0.05) is 6.99 Å². The first-order valence-electron chi connectivity index (χ1n) is 9.52. The van der Waals surface area contributed by atoms with Crippen LogP contribution in [0.2, 0.25) is 0 Å². The summed E-state index contributed by atoms with van der Waals surface area (Å²) in [5.41, 5.74) is 4.80. The van der Waals surface area contributed by atoms with Crippen molar-refractivity contribution in [1.82, 2.24) is 4.98 Å². The van der Waals surface area contributed by atoms with Gasteiger partial charge in [0.15, 0.2) is 0 Å². The molecule has 4 heteroatoms. The second-order valence-corrected chi connectivity index (χ2v) is 7.50. The number of ether oxygens (including phenoxy) is 1. The van der Waals surface area contributed by atoms with Crippen molar-refractivity contribution in [3.63, 3.8) is 0 Å². The van der Waals surface area contributed by atoms with Crippen LogP contribution in [-0.4, -0.2) is 18.0 Å².